The summed E-state index contributed by atoms with van der Waals surface area (Å²) >= 11 is 0. The van der Waals surface area contributed by atoms with Crippen molar-refractivity contribution in [2.24, 2.45) is 0 Å². The van der Waals surface area contributed by atoms with Gasteiger partial charge in [0.25, 0.3) is 0 Å². The van der Waals surface area contributed by atoms with Crippen LogP contribution in [0.4, 0.5) is 0 Å². The third-order valence-electron chi connectivity index (χ3n) is 6.76. The SMILES string of the molecule is CC.Cc1ccc(C(C)(C)c2ccc(C)cc2)cc1.Cc1ccc(Oc2ccc(C)cc2)cc1.Cc1ccccc1. The number of aryl methyl sites for hydroxylation is 5. The minimum absolute atomic E-state index is 0.0708. The zero-order chi connectivity index (χ0) is 30.3. The zero-order valence-electron chi connectivity index (χ0n) is 26.5. The Hall–Kier alpha value is -4.10. The molecule has 5 aromatic rings. The van der Waals surface area contributed by atoms with Crippen molar-refractivity contribution in [3.8, 4) is 11.5 Å². The quantitative estimate of drug-likeness (QED) is 0.219. The van der Waals surface area contributed by atoms with Crippen LogP contribution in [0.15, 0.2) is 127 Å². The molecule has 0 atom stereocenters. The van der Waals surface area contributed by atoms with Crippen molar-refractivity contribution in [3.63, 3.8) is 0 Å². The van der Waals surface area contributed by atoms with E-state index < -0.39 is 0 Å². The van der Waals surface area contributed by atoms with Crippen LogP contribution >= 0.6 is 0 Å². The van der Waals surface area contributed by atoms with E-state index >= 15 is 0 Å². The Morgan fingerprint density at radius 2 is 0.634 bits per heavy atom. The third kappa shape index (κ3) is 11.5. The van der Waals surface area contributed by atoms with Crippen molar-refractivity contribution in [1.29, 1.82) is 0 Å². The van der Waals surface area contributed by atoms with Crippen LogP contribution in [0, 0.1) is 34.6 Å². The molecule has 0 spiro atoms. The molecule has 0 fully saturated rings. The van der Waals surface area contributed by atoms with E-state index in [0.29, 0.717) is 0 Å². The van der Waals surface area contributed by atoms with Crippen molar-refractivity contribution in [1.82, 2.24) is 0 Å². The maximum Gasteiger partial charge on any atom is 0.127 e. The molecule has 1 heteroatoms. The standard InChI is InChI=1S/C17H20.C14H14O.C7H8.C2H6/c1-13-5-9-15(10-6-13)17(3,4)16-11-7-14(2)8-12-16;1-11-3-7-13(8-4-11)15-14-9-5-12(2)6-10-14;1-7-5-3-2-4-6-7;1-2/h5-12H,1-4H3;3-10H,1-2H3;2-6H,1H3;1-2H3. The van der Waals surface area contributed by atoms with Crippen LogP contribution in [0.3, 0.4) is 0 Å². The number of benzene rings is 5. The first kappa shape index (κ1) is 33.1. The number of hydrogen-bond donors (Lipinski definition) is 0. The maximum atomic E-state index is 5.69. The second kappa shape index (κ2) is 16.9. The molecule has 5 rings (SSSR count). The van der Waals surface area contributed by atoms with Crippen molar-refractivity contribution >= 4 is 0 Å². The van der Waals surface area contributed by atoms with Crippen LogP contribution in [0.1, 0.15) is 66.6 Å². The molecule has 0 amide bonds. The summed E-state index contributed by atoms with van der Waals surface area (Å²) in [5.41, 5.74) is 9.24. The summed E-state index contributed by atoms with van der Waals surface area (Å²) in [5.74, 6) is 1.76. The highest BCUT2D eigenvalue weighted by atomic mass is 16.5. The van der Waals surface area contributed by atoms with Gasteiger partial charge in [-0.05, 0) is 70.0 Å². The van der Waals surface area contributed by atoms with Crippen LogP contribution in [0.2, 0.25) is 0 Å². The smallest absolute Gasteiger partial charge is 0.127 e. The van der Waals surface area contributed by atoms with Gasteiger partial charge >= 0.3 is 0 Å². The molecule has 0 bridgehead atoms. The molecular formula is C40H48O. The second-order valence-corrected chi connectivity index (χ2v) is 10.7. The van der Waals surface area contributed by atoms with E-state index in [1.54, 1.807) is 0 Å². The lowest BCUT2D eigenvalue weighted by atomic mass is 9.78. The van der Waals surface area contributed by atoms with Gasteiger partial charge in [-0.3, -0.25) is 0 Å². The van der Waals surface area contributed by atoms with Gasteiger partial charge in [-0.25, -0.2) is 0 Å². The number of ether oxygens (including phenoxy) is 1. The molecule has 0 N–H and O–H groups in total. The van der Waals surface area contributed by atoms with E-state index in [1.807, 2.05) is 80.6 Å². The van der Waals surface area contributed by atoms with E-state index in [1.165, 1.54) is 38.9 Å². The van der Waals surface area contributed by atoms with Crippen molar-refractivity contribution in [3.05, 3.63) is 166 Å². The molecule has 0 aliphatic carbocycles. The summed E-state index contributed by atoms with van der Waals surface area (Å²) < 4.78 is 5.69. The van der Waals surface area contributed by atoms with Gasteiger partial charge in [-0.2, -0.15) is 0 Å². The van der Waals surface area contributed by atoms with Crippen molar-refractivity contribution < 1.29 is 4.74 Å². The van der Waals surface area contributed by atoms with Gasteiger partial charge < -0.3 is 4.74 Å². The van der Waals surface area contributed by atoms with E-state index in [4.69, 9.17) is 4.74 Å². The van der Waals surface area contributed by atoms with Gasteiger partial charge in [-0.15, -0.1) is 0 Å². The molecular weight excluding hydrogens is 496 g/mol. The summed E-state index contributed by atoms with van der Waals surface area (Å²) in [5, 5.41) is 0. The molecule has 41 heavy (non-hydrogen) atoms. The Kier molecular flexibility index (Phi) is 13.6. The molecule has 0 unspecified atom stereocenters. The Morgan fingerprint density at radius 1 is 0.366 bits per heavy atom. The fourth-order valence-electron chi connectivity index (χ4n) is 3.99. The summed E-state index contributed by atoms with van der Waals surface area (Å²) in [6.07, 6.45) is 0. The summed E-state index contributed by atoms with van der Waals surface area (Å²) in [7, 11) is 0. The average molecular weight is 545 g/mol. The highest BCUT2D eigenvalue weighted by Crippen LogP contribution is 2.31. The molecule has 0 aliphatic heterocycles. The van der Waals surface area contributed by atoms with E-state index in [2.05, 4.69) is 109 Å². The molecule has 0 saturated heterocycles. The van der Waals surface area contributed by atoms with E-state index in [0.717, 1.165) is 11.5 Å². The van der Waals surface area contributed by atoms with E-state index in [9.17, 15) is 0 Å². The lowest BCUT2D eigenvalue weighted by Gasteiger charge is -2.26. The van der Waals surface area contributed by atoms with Gasteiger partial charge in [0.05, 0.1) is 0 Å². The highest BCUT2D eigenvalue weighted by molar-refractivity contribution is 5.39. The largest absolute Gasteiger partial charge is 0.457 e. The van der Waals surface area contributed by atoms with Crippen LogP contribution in [-0.4, -0.2) is 0 Å². The first-order valence-corrected chi connectivity index (χ1v) is 14.6. The fourth-order valence-corrected chi connectivity index (χ4v) is 3.99. The van der Waals surface area contributed by atoms with Crippen molar-refractivity contribution in [2.75, 3.05) is 0 Å². The third-order valence-corrected chi connectivity index (χ3v) is 6.76. The minimum atomic E-state index is 0.0708. The molecule has 1 nitrogen and oxygen atoms in total. The Balaban J connectivity index is 0.000000224. The Labute approximate surface area is 249 Å². The lowest BCUT2D eigenvalue weighted by Crippen LogP contribution is -2.18. The van der Waals surface area contributed by atoms with E-state index in [-0.39, 0.29) is 5.41 Å². The molecule has 5 aromatic carbocycles. The first-order valence-electron chi connectivity index (χ1n) is 14.6. The molecule has 0 aliphatic rings. The first-order chi connectivity index (χ1) is 19.6. The fraction of sp³-hybridized carbons (Fsp3) is 0.250. The Morgan fingerprint density at radius 3 is 0.902 bits per heavy atom. The van der Waals surface area contributed by atoms with Gasteiger partial charge in [0.2, 0.25) is 0 Å². The predicted octanol–water partition coefficient (Wildman–Crippen LogP) is 11.7. The van der Waals surface area contributed by atoms with Crippen LogP contribution < -0.4 is 4.74 Å². The highest BCUT2D eigenvalue weighted by Gasteiger charge is 2.22. The normalized spacial score (nSPS) is 10.1. The van der Waals surface area contributed by atoms with Crippen LogP contribution in [0.25, 0.3) is 0 Å². The number of hydrogen-bond acceptors (Lipinski definition) is 1. The van der Waals surface area contributed by atoms with Crippen LogP contribution in [-0.2, 0) is 5.41 Å². The predicted molar refractivity (Wildman–Crippen MR) is 179 cm³/mol. The second-order valence-electron chi connectivity index (χ2n) is 10.7. The molecule has 0 saturated carbocycles. The van der Waals surface area contributed by atoms with Gasteiger partial charge in [0.15, 0.2) is 0 Å². The summed E-state index contributed by atoms with van der Waals surface area (Å²) in [6.45, 7) is 19.0. The maximum absolute atomic E-state index is 5.69. The zero-order valence-corrected chi connectivity index (χ0v) is 26.5. The van der Waals surface area contributed by atoms with Crippen LogP contribution in [0.5, 0.6) is 11.5 Å². The van der Waals surface area contributed by atoms with Crippen molar-refractivity contribution in [2.45, 2.75) is 67.7 Å². The van der Waals surface area contributed by atoms with Gasteiger partial charge in [0.1, 0.15) is 11.5 Å². The molecule has 0 aromatic heterocycles. The topological polar surface area (TPSA) is 9.23 Å². The Bertz CT molecular complexity index is 1290. The van der Waals surface area contributed by atoms with Gasteiger partial charge in [-0.1, -0.05) is 159 Å². The molecule has 0 radical (unpaired) electrons. The van der Waals surface area contributed by atoms with Gasteiger partial charge in [0, 0.05) is 5.41 Å². The average Bonchev–Trinajstić information content (AvgIpc) is 2.98. The minimum Gasteiger partial charge on any atom is -0.457 e. The summed E-state index contributed by atoms with van der Waals surface area (Å²) in [4.78, 5) is 0. The number of rotatable bonds is 4. The summed E-state index contributed by atoms with van der Waals surface area (Å²) in [6, 6.07) is 44.0. The monoisotopic (exact) mass is 544 g/mol. The molecule has 214 valence electrons. The molecule has 0 heterocycles. The lowest BCUT2D eigenvalue weighted by molar-refractivity contribution is 0.482.